The van der Waals surface area contributed by atoms with E-state index in [1.807, 2.05) is 0 Å². The molecule has 152 valence electrons. The third kappa shape index (κ3) is 5.93. The Bertz CT molecular complexity index is 728. The Hall–Kier alpha value is -1.61. The molecule has 1 fully saturated rings. The number of sulfonamides is 1. The molecule has 0 unspecified atom stereocenters. The van der Waals surface area contributed by atoms with Gasteiger partial charge in [-0.2, -0.15) is 17.5 Å². The molecule has 0 spiro atoms. The van der Waals surface area contributed by atoms with Crippen LogP contribution >= 0.6 is 0 Å². The van der Waals surface area contributed by atoms with Crippen LogP contribution < -0.4 is 0 Å². The summed E-state index contributed by atoms with van der Waals surface area (Å²) in [6.07, 6.45) is -4.02. The van der Waals surface area contributed by atoms with Crippen LogP contribution in [0.5, 0.6) is 0 Å². The van der Waals surface area contributed by atoms with Gasteiger partial charge in [-0.3, -0.25) is 4.79 Å². The second-order valence-electron chi connectivity index (χ2n) is 7.22. The van der Waals surface area contributed by atoms with Gasteiger partial charge in [0.2, 0.25) is 15.9 Å². The van der Waals surface area contributed by atoms with E-state index in [0.29, 0.717) is 0 Å². The van der Waals surface area contributed by atoms with E-state index in [0.717, 1.165) is 4.90 Å². The maximum absolute atomic E-state index is 12.8. The number of carbonyl (C=O) groups excluding carboxylic acids is 1. The Morgan fingerprint density at radius 3 is 2.22 bits per heavy atom. The van der Waals surface area contributed by atoms with Gasteiger partial charge in [0.15, 0.2) is 0 Å². The number of rotatable bonds is 6. The van der Waals surface area contributed by atoms with E-state index < -0.39 is 34.6 Å². The minimum Gasteiger partial charge on any atom is -0.333 e. The molecule has 1 saturated heterocycles. The van der Waals surface area contributed by atoms with Crippen LogP contribution in [-0.4, -0.2) is 55.9 Å². The van der Waals surface area contributed by atoms with Crippen LogP contribution in [0.1, 0.15) is 26.7 Å². The van der Waals surface area contributed by atoms with Gasteiger partial charge in [0.25, 0.3) is 0 Å². The summed E-state index contributed by atoms with van der Waals surface area (Å²) in [7, 11) is -3.65. The first kappa shape index (κ1) is 21.7. The molecule has 9 heteroatoms. The van der Waals surface area contributed by atoms with Crippen LogP contribution in [0.15, 0.2) is 35.2 Å². The average Bonchev–Trinajstić information content (AvgIpc) is 2.60. The molecular formula is C18H25F3N2O3S. The number of piperidine rings is 1. The Morgan fingerprint density at radius 1 is 1.19 bits per heavy atom. The molecule has 1 aromatic carbocycles. The first-order chi connectivity index (χ1) is 12.5. The highest BCUT2D eigenvalue weighted by atomic mass is 32.2. The van der Waals surface area contributed by atoms with E-state index >= 15 is 0 Å². The average molecular weight is 406 g/mol. The van der Waals surface area contributed by atoms with Crippen molar-refractivity contribution < 1.29 is 26.4 Å². The fourth-order valence-corrected chi connectivity index (χ4v) is 4.72. The number of benzene rings is 1. The molecule has 1 aliphatic rings. The Morgan fingerprint density at radius 2 is 1.74 bits per heavy atom. The van der Waals surface area contributed by atoms with E-state index in [-0.39, 0.29) is 43.3 Å². The van der Waals surface area contributed by atoms with Crippen LogP contribution in [0.4, 0.5) is 13.2 Å². The van der Waals surface area contributed by atoms with Gasteiger partial charge in [-0.05, 0) is 30.9 Å². The molecule has 27 heavy (non-hydrogen) atoms. The summed E-state index contributed by atoms with van der Waals surface area (Å²) < 4.78 is 64.9. The van der Waals surface area contributed by atoms with Crippen molar-refractivity contribution in [3.8, 4) is 0 Å². The zero-order chi connectivity index (χ0) is 20.2. The molecule has 0 bridgehead atoms. The molecule has 2 rings (SSSR count). The van der Waals surface area contributed by atoms with E-state index in [1.165, 1.54) is 16.4 Å². The number of amides is 1. The smallest absolute Gasteiger partial charge is 0.333 e. The fourth-order valence-electron chi connectivity index (χ4n) is 3.23. The van der Waals surface area contributed by atoms with E-state index in [2.05, 4.69) is 0 Å². The van der Waals surface area contributed by atoms with Crippen molar-refractivity contribution in [1.29, 1.82) is 0 Å². The van der Waals surface area contributed by atoms with E-state index in [4.69, 9.17) is 0 Å². The van der Waals surface area contributed by atoms with Crippen molar-refractivity contribution in [1.82, 2.24) is 9.21 Å². The number of halogens is 3. The third-order valence-corrected chi connectivity index (χ3v) is 6.36. The Balaban J connectivity index is 2.04. The summed E-state index contributed by atoms with van der Waals surface area (Å²) >= 11 is 0. The largest absolute Gasteiger partial charge is 0.406 e. The fraction of sp³-hybridized carbons (Fsp3) is 0.611. The standard InChI is InChI=1S/C18H25F3N2O3S/c1-14(2)12-22(13-18(19,20)21)17(24)15-8-10-23(11-9-15)27(25,26)16-6-4-3-5-7-16/h3-7,14-15H,8-13H2,1-2H3. The highest BCUT2D eigenvalue weighted by molar-refractivity contribution is 7.89. The summed E-state index contributed by atoms with van der Waals surface area (Å²) in [5.74, 6) is -1.22. The number of hydrogen-bond acceptors (Lipinski definition) is 3. The maximum Gasteiger partial charge on any atom is 0.406 e. The van der Waals surface area contributed by atoms with E-state index in [9.17, 15) is 26.4 Å². The molecular weight excluding hydrogens is 381 g/mol. The van der Waals surface area contributed by atoms with Gasteiger partial charge in [-0.25, -0.2) is 8.42 Å². The van der Waals surface area contributed by atoms with Crippen molar-refractivity contribution in [3.05, 3.63) is 30.3 Å². The predicted octanol–water partition coefficient (Wildman–Crippen LogP) is 3.13. The molecule has 0 saturated carbocycles. The van der Waals surface area contributed by atoms with Crippen molar-refractivity contribution in [3.63, 3.8) is 0 Å². The molecule has 0 radical (unpaired) electrons. The van der Waals surface area contributed by atoms with Crippen molar-refractivity contribution >= 4 is 15.9 Å². The molecule has 0 N–H and O–H groups in total. The van der Waals surface area contributed by atoms with Crippen LogP contribution in [0.25, 0.3) is 0 Å². The van der Waals surface area contributed by atoms with Gasteiger partial charge in [0.05, 0.1) is 4.90 Å². The molecule has 5 nitrogen and oxygen atoms in total. The highest BCUT2D eigenvalue weighted by Gasteiger charge is 2.38. The lowest BCUT2D eigenvalue weighted by molar-refractivity contribution is -0.165. The topological polar surface area (TPSA) is 57.7 Å². The summed E-state index contributed by atoms with van der Waals surface area (Å²) in [5.41, 5.74) is 0. The van der Waals surface area contributed by atoms with Gasteiger partial charge in [-0.1, -0.05) is 32.0 Å². The quantitative estimate of drug-likeness (QED) is 0.729. The number of nitrogens with zero attached hydrogens (tertiary/aromatic N) is 2. The lowest BCUT2D eigenvalue weighted by Crippen LogP contribution is -2.47. The van der Waals surface area contributed by atoms with Crippen LogP contribution in [-0.2, 0) is 14.8 Å². The Labute approximate surface area is 158 Å². The first-order valence-corrected chi connectivity index (χ1v) is 10.4. The van der Waals surface area contributed by atoms with Crippen LogP contribution in [0, 0.1) is 11.8 Å². The zero-order valence-corrected chi connectivity index (χ0v) is 16.3. The second kappa shape index (κ2) is 8.60. The third-order valence-electron chi connectivity index (χ3n) is 4.45. The van der Waals surface area contributed by atoms with Crippen molar-refractivity contribution in [2.75, 3.05) is 26.2 Å². The monoisotopic (exact) mass is 406 g/mol. The highest BCUT2D eigenvalue weighted by Crippen LogP contribution is 2.27. The molecule has 0 aliphatic carbocycles. The normalized spacial score (nSPS) is 17.3. The molecule has 0 atom stereocenters. The summed E-state index contributed by atoms with van der Waals surface area (Å²) in [6.45, 7) is 2.51. The van der Waals surface area contributed by atoms with Gasteiger partial charge in [0, 0.05) is 25.6 Å². The SMILES string of the molecule is CC(C)CN(CC(F)(F)F)C(=O)C1CCN(S(=O)(=O)c2ccccc2)CC1. The van der Waals surface area contributed by atoms with Crippen molar-refractivity contribution in [2.24, 2.45) is 11.8 Å². The zero-order valence-electron chi connectivity index (χ0n) is 15.4. The molecule has 1 aliphatic heterocycles. The number of alkyl halides is 3. The molecule has 0 aromatic heterocycles. The van der Waals surface area contributed by atoms with Gasteiger partial charge >= 0.3 is 6.18 Å². The van der Waals surface area contributed by atoms with Gasteiger partial charge in [-0.15, -0.1) is 0 Å². The molecule has 1 heterocycles. The molecule has 1 aromatic rings. The van der Waals surface area contributed by atoms with Gasteiger partial charge in [0.1, 0.15) is 6.54 Å². The van der Waals surface area contributed by atoms with Crippen molar-refractivity contribution in [2.45, 2.75) is 37.8 Å². The summed E-state index contributed by atoms with van der Waals surface area (Å²) in [4.78, 5) is 13.6. The maximum atomic E-state index is 12.8. The lowest BCUT2D eigenvalue weighted by atomic mass is 9.96. The number of hydrogen-bond donors (Lipinski definition) is 0. The first-order valence-electron chi connectivity index (χ1n) is 8.91. The van der Waals surface area contributed by atoms with Crippen LogP contribution in [0.2, 0.25) is 0 Å². The minimum absolute atomic E-state index is 0.0286. The number of carbonyl (C=O) groups is 1. The lowest BCUT2D eigenvalue weighted by Gasteiger charge is -2.34. The Kier molecular flexibility index (Phi) is 6.91. The molecule has 1 amide bonds. The van der Waals surface area contributed by atoms with E-state index in [1.54, 1.807) is 32.0 Å². The summed E-state index contributed by atoms with van der Waals surface area (Å²) in [5, 5.41) is 0. The van der Waals surface area contributed by atoms with Gasteiger partial charge < -0.3 is 4.90 Å². The predicted molar refractivity (Wildman–Crippen MR) is 95.4 cm³/mol. The minimum atomic E-state index is -4.46. The second-order valence-corrected chi connectivity index (χ2v) is 9.16. The summed E-state index contributed by atoms with van der Waals surface area (Å²) in [6, 6.07) is 7.97. The van der Waals surface area contributed by atoms with Crippen LogP contribution in [0.3, 0.4) is 0 Å².